The number of Topliss-reactive ketones (excluding diaryl/α,β-unsaturated/α-hetero) is 1. The van der Waals surface area contributed by atoms with Crippen LogP contribution in [0.3, 0.4) is 0 Å². The fraction of sp³-hybridized carbons (Fsp3) is 0.806. The van der Waals surface area contributed by atoms with E-state index in [4.69, 9.17) is 4.74 Å². The molecule has 5 aliphatic rings. The molecular formula is C31H45NO2. The van der Waals surface area contributed by atoms with E-state index in [9.17, 15) is 4.79 Å². The highest BCUT2D eigenvalue weighted by Crippen LogP contribution is 2.82. The summed E-state index contributed by atoms with van der Waals surface area (Å²) in [4.78, 5) is 16.7. The van der Waals surface area contributed by atoms with Crippen LogP contribution >= 0.6 is 0 Å². The summed E-state index contributed by atoms with van der Waals surface area (Å²) >= 11 is 0. The highest BCUT2D eigenvalue weighted by molar-refractivity contribution is 5.95. The molecule has 1 aromatic heterocycles. The number of rotatable bonds is 6. The lowest BCUT2D eigenvalue weighted by Crippen LogP contribution is -2.57. The third-order valence-electron chi connectivity index (χ3n) is 12.7. The van der Waals surface area contributed by atoms with Crippen molar-refractivity contribution in [1.82, 2.24) is 4.98 Å². The molecule has 5 aliphatic carbocycles. The van der Waals surface area contributed by atoms with Crippen LogP contribution < -0.4 is 0 Å². The molecule has 0 aliphatic heterocycles. The number of carbonyl (C=O) groups is 1. The number of aromatic nitrogens is 1. The Balaban J connectivity index is 1.20. The zero-order valence-corrected chi connectivity index (χ0v) is 22.1. The van der Waals surface area contributed by atoms with Crippen molar-refractivity contribution in [3.8, 4) is 0 Å². The van der Waals surface area contributed by atoms with Gasteiger partial charge >= 0.3 is 0 Å². The molecule has 6 rings (SSSR count). The summed E-state index contributed by atoms with van der Waals surface area (Å²) < 4.78 is 6.30. The number of methoxy groups -OCH3 is 1. The van der Waals surface area contributed by atoms with Crippen molar-refractivity contribution in [1.29, 1.82) is 0 Å². The Bertz CT molecular complexity index is 974. The second-order valence-electron chi connectivity index (χ2n) is 13.5. The fourth-order valence-electron chi connectivity index (χ4n) is 11.1. The maximum absolute atomic E-state index is 12.1. The van der Waals surface area contributed by atoms with Gasteiger partial charge in [0.15, 0.2) is 5.78 Å². The average Bonchev–Trinajstić information content (AvgIpc) is 3.33. The van der Waals surface area contributed by atoms with Crippen molar-refractivity contribution < 1.29 is 9.53 Å². The number of fused-ring (bicyclic) bond motifs is 4. The number of aryl methyl sites for hydroxylation is 1. The van der Waals surface area contributed by atoms with E-state index in [-0.39, 0.29) is 5.78 Å². The van der Waals surface area contributed by atoms with Gasteiger partial charge in [-0.3, -0.25) is 9.78 Å². The van der Waals surface area contributed by atoms with E-state index in [2.05, 4.69) is 25.8 Å². The Morgan fingerprint density at radius 3 is 2.74 bits per heavy atom. The van der Waals surface area contributed by atoms with Gasteiger partial charge in [0.25, 0.3) is 0 Å². The van der Waals surface area contributed by atoms with Gasteiger partial charge in [-0.15, -0.1) is 0 Å². The molecule has 0 bridgehead atoms. The molecule has 186 valence electrons. The van der Waals surface area contributed by atoms with E-state index in [1.165, 1.54) is 51.4 Å². The van der Waals surface area contributed by atoms with Crippen LogP contribution in [0.25, 0.3) is 0 Å². The van der Waals surface area contributed by atoms with E-state index >= 15 is 0 Å². The molecule has 0 saturated heterocycles. The standard InChI is InChI=1S/C31H45NO2/c1-19(8-11-27-22(20(2)33)7-6-16-32-27)24-9-10-25-23-17-28(34-5)31-18-21(31)12-15-30(31,4)26(23)13-14-29(24,25)3/h6-7,16,19,21,23-26,28H,8-15,17-18H2,1-5H3/t19-,21-,23+,24-,25+,26+,28?,29-,30-,31?/m1/s1. The van der Waals surface area contributed by atoms with Crippen LogP contribution in [0.1, 0.15) is 102 Å². The normalized spacial score (nSPS) is 47.3. The summed E-state index contributed by atoms with van der Waals surface area (Å²) in [6.45, 7) is 9.50. The molecule has 34 heavy (non-hydrogen) atoms. The molecule has 0 radical (unpaired) electrons. The van der Waals surface area contributed by atoms with Crippen molar-refractivity contribution in [2.45, 2.75) is 98.0 Å². The molecular weight excluding hydrogens is 418 g/mol. The van der Waals surface area contributed by atoms with E-state index < -0.39 is 0 Å². The SMILES string of the molecule is COC1C[C@H]2[C@@H]3CC[C@H]([C@H](C)CCc4ncccc4C(C)=O)[C@@]3(C)CC[C@@H]2[C@@]2(C)CC[C@@H]3CC132. The van der Waals surface area contributed by atoms with Crippen LogP contribution in [0.2, 0.25) is 0 Å². The third-order valence-corrected chi connectivity index (χ3v) is 12.7. The number of hydrogen-bond acceptors (Lipinski definition) is 3. The summed E-state index contributed by atoms with van der Waals surface area (Å²) in [7, 11) is 2.00. The van der Waals surface area contributed by atoms with Gasteiger partial charge < -0.3 is 4.74 Å². The number of pyridine rings is 1. The van der Waals surface area contributed by atoms with E-state index in [1.54, 1.807) is 6.92 Å². The molecule has 0 amide bonds. The number of nitrogens with zero attached hydrogens (tertiary/aromatic N) is 1. The van der Waals surface area contributed by atoms with Gasteiger partial charge in [-0.1, -0.05) is 20.8 Å². The molecule has 1 heterocycles. The average molecular weight is 464 g/mol. The second-order valence-corrected chi connectivity index (χ2v) is 13.5. The minimum absolute atomic E-state index is 0.142. The zero-order valence-electron chi connectivity index (χ0n) is 22.1. The van der Waals surface area contributed by atoms with Gasteiger partial charge in [-0.05, 0) is 130 Å². The first kappa shape index (κ1) is 23.2. The molecule has 5 saturated carbocycles. The Labute approximate surface area is 206 Å². The molecule has 3 nitrogen and oxygen atoms in total. The van der Waals surface area contributed by atoms with Crippen LogP contribution in [-0.4, -0.2) is 24.0 Å². The van der Waals surface area contributed by atoms with E-state index in [1.807, 2.05) is 25.4 Å². The summed E-state index contributed by atoms with van der Waals surface area (Å²) in [5.74, 6) is 5.22. The Hall–Kier alpha value is -1.22. The maximum atomic E-state index is 12.1. The first-order chi connectivity index (χ1) is 16.3. The van der Waals surface area contributed by atoms with Crippen molar-refractivity contribution in [3.05, 3.63) is 29.6 Å². The van der Waals surface area contributed by atoms with Crippen molar-refractivity contribution in [3.63, 3.8) is 0 Å². The number of carbonyl (C=O) groups excluding carboxylic acids is 1. The van der Waals surface area contributed by atoms with Gasteiger partial charge in [0.1, 0.15) is 0 Å². The molecule has 10 atom stereocenters. The number of ether oxygens (including phenoxy) is 1. The summed E-state index contributed by atoms with van der Waals surface area (Å²) in [5.41, 5.74) is 3.33. The smallest absolute Gasteiger partial charge is 0.161 e. The van der Waals surface area contributed by atoms with Gasteiger partial charge in [0.2, 0.25) is 0 Å². The monoisotopic (exact) mass is 463 g/mol. The van der Waals surface area contributed by atoms with Crippen molar-refractivity contribution in [2.24, 2.45) is 51.8 Å². The van der Waals surface area contributed by atoms with Crippen molar-refractivity contribution in [2.75, 3.05) is 7.11 Å². The van der Waals surface area contributed by atoms with Gasteiger partial charge in [0, 0.05) is 24.3 Å². The van der Waals surface area contributed by atoms with E-state index in [0.29, 0.717) is 28.3 Å². The Morgan fingerprint density at radius 1 is 1.18 bits per heavy atom. The van der Waals surface area contributed by atoms with Gasteiger partial charge in [0.05, 0.1) is 11.8 Å². The predicted molar refractivity (Wildman–Crippen MR) is 136 cm³/mol. The van der Waals surface area contributed by atoms with Crippen LogP contribution in [0.5, 0.6) is 0 Å². The van der Waals surface area contributed by atoms with Crippen LogP contribution in [0, 0.1) is 51.8 Å². The number of ketones is 1. The lowest BCUT2D eigenvalue weighted by Gasteiger charge is -2.61. The quantitative estimate of drug-likeness (QED) is 0.421. The summed E-state index contributed by atoms with van der Waals surface area (Å²) in [6.07, 6.45) is 15.7. The molecule has 5 fully saturated rings. The highest BCUT2D eigenvalue weighted by Gasteiger charge is 2.77. The largest absolute Gasteiger partial charge is 0.381 e. The lowest BCUT2D eigenvalue weighted by molar-refractivity contribution is -0.161. The first-order valence-electron chi connectivity index (χ1n) is 14.2. The molecule has 0 N–H and O–H groups in total. The van der Waals surface area contributed by atoms with Gasteiger partial charge in [-0.2, -0.15) is 0 Å². The maximum Gasteiger partial charge on any atom is 0.161 e. The predicted octanol–water partition coefficient (Wildman–Crippen LogP) is 7.14. The van der Waals surface area contributed by atoms with Gasteiger partial charge in [-0.25, -0.2) is 0 Å². The highest BCUT2D eigenvalue weighted by atomic mass is 16.5. The second kappa shape index (κ2) is 7.89. The molecule has 2 unspecified atom stereocenters. The zero-order chi connectivity index (χ0) is 23.9. The lowest BCUT2D eigenvalue weighted by atomic mass is 9.45. The van der Waals surface area contributed by atoms with Crippen molar-refractivity contribution >= 4 is 5.78 Å². The Kier molecular flexibility index (Phi) is 5.38. The molecule has 0 aromatic carbocycles. The van der Waals surface area contributed by atoms with E-state index in [0.717, 1.165) is 53.7 Å². The fourth-order valence-corrected chi connectivity index (χ4v) is 11.1. The third kappa shape index (κ3) is 2.98. The van der Waals surface area contributed by atoms with Crippen LogP contribution in [0.15, 0.2) is 18.3 Å². The summed E-state index contributed by atoms with van der Waals surface area (Å²) in [5, 5.41) is 0. The topological polar surface area (TPSA) is 39.2 Å². The minimum atomic E-state index is 0.142. The summed E-state index contributed by atoms with van der Waals surface area (Å²) in [6, 6.07) is 3.83. The first-order valence-corrected chi connectivity index (χ1v) is 14.2. The van der Waals surface area contributed by atoms with Crippen LogP contribution in [-0.2, 0) is 11.2 Å². The molecule has 1 aromatic rings. The number of hydrogen-bond donors (Lipinski definition) is 0. The molecule has 1 spiro atoms. The minimum Gasteiger partial charge on any atom is -0.381 e. The Morgan fingerprint density at radius 2 is 2.00 bits per heavy atom. The van der Waals surface area contributed by atoms with Crippen LogP contribution in [0.4, 0.5) is 0 Å². The molecule has 3 heteroatoms.